The number of carbonyl (C=O) groups excluding carboxylic acids is 1. The summed E-state index contributed by atoms with van der Waals surface area (Å²) in [7, 11) is 0. The van der Waals surface area contributed by atoms with Crippen LogP contribution >= 0.6 is 15.9 Å². The molecular formula is C21H21BrN4O3. The zero-order valence-electron chi connectivity index (χ0n) is 15.7. The number of anilines is 1. The number of fused-ring (bicyclic) bond motifs is 1. The number of halogens is 1. The van der Waals surface area contributed by atoms with E-state index in [9.17, 15) is 9.59 Å². The van der Waals surface area contributed by atoms with Crippen LogP contribution in [0.1, 0.15) is 28.9 Å². The topological polar surface area (TPSA) is 84.7 Å². The molecule has 1 aliphatic heterocycles. The maximum absolute atomic E-state index is 12.6. The van der Waals surface area contributed by atoms with Crippen LogP contribution in [0.2, 0.25) is 0 Å². The van der Waals surface area contributed by atoms with Gasteiger partial charge in [0, 0.05) is 35.6 Å². The van der Waals surface area contributed by atoms with Crippen molar-refractivity contribution >= 4 is 33.2 Å². The number of nitrogens with one attached hydrogen (secondary N) is 2. The van der Waals surface area contributed by atoms with Gasteiger partial charge in [0.1, 0.15) is 5.65 Å². The van der Waals surface area contributed by atoms with Gasteiger partial charge in [-0.15, -0.1) is 0 Å². The lowest BCUT2D eigenvalue weighted by Crippen LogP contribution is -2.32. The highest BCUT2D eigenvalue weighted by Gasteiger charge is 2.18. The first-order valence-electron chi connectivity index (χ1n) is 9.51. The van der Waals surface area contributed by atoms with Gasteiger partial charge in [-0.3, -0.25) is 14.0 Å². The molecule has 1 fully saturated rings. The van der Waals surface area contributed by atoms with Crippen LogP contribution < -0.4 is 16.2 Å². The van der Waals surface area contributed by atoms with Gasteiger partial charge in [0.25, 0.3) is 11.5 Å². The average molecular weight is 457 g/mol. The number of rotatable bonds is 6. The highest BCUT2D eigenvalue weighted by atomic mass is 79.9. The molecule has 2 N–H and O–H groups in total. The fourth-order valence-electron chi connectivity index (χ4n) is 3.34. The molecule has 29 heavy (non-hydrogen) atoms. The van der Waals surface area contributed by atoms with Gasteiger partial charge in [-0.2, -0.15) is 0 Å². The molecule has 0 spiro atoms. The molecule has 0 aliphatic carbocycles. The van der Waals surface area contributed by atoms with Crippen LogP contribution in [-0.2, 0) is 11.3 Å². The van der Waals surface area contributed by atoms with Crippen molar-refractivity contribution in [1.29, 1.82) is 0 Å². The van der Waals surface area contributed by atoms with Gasteiger partial charge in [-0.05, 0) is 53.0 Å². The fourth-order valence-corrected chi connectivity index (χ4v) is 3.68. The van der Waals surface area contributed by atoms with Crippen LogP contribution in [0, 0.1) is 0 Å². The Morgan fingerprint density at radius 3 is 2.97 bits per heavy atom. The van der Waals surface area contributed by atoms with E-state index in [1.54, 1.807) is 18.3 Å². The second-order valence-corrected chi connectivity index (χ2v) is 7.82. The van der Waals surface area contributed by atoms with E-state index in [1.807, 2.05) is 24.3 Å². The molecular weight excluding hydrogens is 436 g/mol. The zero-order chi connectivity index (χ0) is 20.2. The minimum absolute atomic E-state index is 0.0916. The first kappa shape index (κ1) is 19.6. The van der Waals surface area contributed by atoms with Crippen LogP contribution in [0.4, 0.5) is 5.69 Å². The highest BCUT2D eigenvalue weighted by molar-refractivity contribution is 9.10. The van der Waals surface area contributed by atoms with Crippen molar-refractivity contribution in [2.45, 2.75) is 25.5 Å². The van der Waals surface area contributed by atoms with E-state index in [4.69, 9.17) is 4.74 Å². The number of amides is 1. The summed E-state index contributed by atoms with van der Waals surface area (Å²) >= 11 is 3.36. The molecule has 150 valence electrons. The minimum atomic E-state index is -0.157. The van der Waals surface area contributed by atoms with Gasteiger partial charge >= 0.3 is 0 Å². The van der Waals surface area contributed by atoms with Crippen molar-refractivity contribution in [3.8, 4) is 0 Å². The Kier molecular flexibility index (Phi) is 5.92. The molecule has 1 aromatic carbocycles. The Balaban J connectivity index is 1.47. The quantitative estimate of drug-likeness (QED) is 0.595. The predicted molar refractivity (Wildman–Crippen MR) is 114 cm³/mol. The van der Waals surface area contributed by atoms with Crippen LogP contribution in [0.3, 0.4) is 0 Å². The van der Waals surface area contributed by atoms with E-state index < -0.39 is 0 Å². The Bertz CT molecular complexity index is 1090. The zero-order valence-corrected chi connectivity index (χ0v) is 17.3. The lowest BCUT2D eigenvalue weighted by Gasteiger charge is -2.14. The smallest absolute Gasteiger partial charge is 0.258 e. The van der Waals surface area contributed by atoms with Crippen LogP contribution in [0.5, 0.6) is 0 Å². The number of para-hydroxylation sites is 1. The average Bonchev–Trinajstić information content (AvgIpc) is 3.25. The molecule has 8 heteroatoms. The largest absolute Gasteiger partial charge is 0.379 e. The summed E-state index contributed by atoms with van der Waals surface area (Å²) < 4.78 is 7.85. The predicted octanol–water partition coefficient (Wildman–Crippen LogP) is 2.98. The van der Waals surface area contributed by atoms with Crippen LogP contribution in [0.25, 0.3) is 5.65 Å². The normalized spacial score (nSPS) is 16.1. The summed E-state index contributed by atoms with van der Waals surface area (Å²) in [6.07, 6.45) is 3.79. The van der Waals surface area contributed by atoms with Gasteiger partial charge < -0.3 is 15.4 Å². The number of ether oxygens (including phenoxy) is 1. The number of pyridine rings is 1. The summed E-state index contributed by atoms with van der Waals surface area (Å²) in [6, 6.07) is 12.4. The number of hydrogen-bond donors (Lipinski definition) is 2. The third kappa shape index (κ3) is 4.65. The molecule has 3 heterocycles. The number of hydrogen-bond acceptors (Lipinski definition) is 5. The number of carbonyl (C=O) groups is 1. The Hall–Kier alpha value is -2.71. The van der Waals surface area contributed by atoms with Crippen molar-refractivity contribution in [3.63, 3.8) is 0 Å². The Morgan fingerprint density at radius 1 is 1.28 bits per heavy atom. The molecule has 1 atom stereocenters. The third-order valence-electron chi connectivity index (χ3n) is 4.82. The lowest BCUT2D eigenvalue weighted by molar-refractivity contribution is 0.0858. The van der Waals surface area contributed by atoms with E-state index in [0.717, 1.165) is 23.9 Å². The molecule has 3 aromatic rings. The number of benzene rings is 1. The molecule has 0 saturated carbocycles. The Morgan fingerprint density at radius 2 is 2.14 bits per heavy atom. The van der Waals surface area contributed by atoms with Crippen LogP contribution in [-0.4, -0.2) is 34.5 Å². The first-order chi connectivity index (χ1) is 14.1. The lowest BCUT2D eigenvalue weighted by atomic mass is 10.1. The van der Waals surface area contributed by atoms with Gasteiger partial charge in [0.2, 0.25) is 0 Å². The first-order valence-corrected chi connectivity index (χ1v) is 10.3. The maximum Gasteiger partial charge on any atom is 0.258 e. The van der Waals surface area contributed by atoms with Crippen molar-refractivity contribution in [3.05, 3.63) is 74.7 Å². The van der Waals surface area contributed by atoms with Crippen molar-refractivity contribution in [1.82, 2.24) is 14.7 Å². The molecule has 0 unspecified atom stereocenters. The summed E-state index contributed by atoms with van der Waals surface area (Å²) in [5, 5.41) is 6.17. The van der Waals surface area contributed by atoms with Crippen molar-refractivity contribution < 1.29 is 9.53 Å². The molecule has 4 rings (SSSR count). The second-order valence-electron chi connectivity index (χ2n) is 6.91. The fraction of sp³-hybridized carbons (Fsp3) is 0.286. The third-order valence-corrected chi connectivity index (χ3v) is 5.29. The van der Waals surface area contributed by atoms with E-state index in [1.165, 1.54) is 10.5 Å². The van der Waals surface area contributed by atoms with E-state index in [2.05, 4.69) is 31.5 Å². The number of aromatic nitrogens is 2. The summed E-state index contributed by atoms with van der Waals surface area (Å²) in [5.41, 5.74) is 2.25. The van der Waals surface area contributed by atoms with Crippen molar-refractivity contribution in [2.24, 2.45) is 0 Å². The molecule has 0 bridgehead atoms. The van der Waals surface area contributed by atoms with Gasteiger partial charge in [0.15, 0.2) is 0 Å². The van der Waals surface area contributed by atoms with Gasteiger partial charge in [0.05, 0.1) is 23.9 Å². The van der Waals surface area contributed by atoms with E-state index in [0.29, 0.717) is 35.7 Å². The molecule has 2 aromatic heterocycles. The highest BCUT2D eigenvalue weighted by Crippen LogP contribution is 2.17. The molecule has 1 amide bonds. The maximum atomic E-state index is 12.6. The van der Waals surface area contributed by atoms with Crippen molar-refractivity contribution in [2.75, 3.05) is 18.5 Å². The summed E-state index contributed by atoms with van der Waals surface area (Å²) in [6.45, 7) is 1.60. The van der Waals surface area contributed by atoms with E-state index in [-0.39, 0.29) is 17.6 Å². The molecule has 7 nitrogen and oxygen atoms in total. The number of nitrogens with zero attached hydrogens (tertiary/aromatic N) is 2. The monoisotopic (exact) mass is 456 g/mol. The van der Waals surface area contributed by atoms with Crippen LogP contribution in [0.15, 0.2) is 57.9 Å². The SMILES string of the molecule is O=C(NC[C@@H]1CCCO1)c1ccccc1NCc1cc(=O)n2cc(Br)ccc2n1. The molecule has 1 aliphatic rings. The van der Waals surface area contributed by atoms with E-state index >= 15 is 0 Å². The second kappa shape index (κ2) is 8.75. The standard InChI is InChI=1S/C21H21BrN4O3/c22-14-7-8-19-25-15(10-20(27)26(19)13-14)11-23-18-6-2-1-5-17(18)21(28)24-12-16-4-3-9-29-16/h1-2,5-8,10,13,16,23H,3-4,9,11-12H2,(H,24,28)/t16-/m0/s1. The summed E-state index contributed by atoms with van der Waals surface area (Å²) in [4.78, 5) is 29.5. The van der Waals surface area contributed by atoms with Gasteiger partial charge in [-0.1, -0.05) is 12.1 Å². The van der Waals surface area contributed by atoms with Gasteiger partial charge in [-0.25, -0.2) is 4.98 Å². The Labute approximate surface area is 176 Å². The molecule has 1 saturated heterocycles. The molecule has 0 radical (unpaired) electrons. The minimum Gasteiger partial charge on any atom is -0.379 e. The summed E-state index contributed by atoms with van der Waals surface area (Å²) in [5.74, 6) is -0.153.